The molecule has 1 aromatic carbocycles. The minimum atomic E-state index is -0.877. The summed E-state index contributed by atoms with van der Waals surface area (Å²) in [6, 6.07) is 9.18. The highest BCUT2D eigenvalue weighted by Crippen LogP contribution is 2.05. The molecule has 0 radical (unpaired) electrons. The molecule has 1 atom stereocenters. The second-order valence-corrected chi connectivity index (χ2v) is 5.24. The van der Waals surface area contributed by atoms with Gasteiger partial charge in [-0.1, -0.05) is 44.2 Å². The molecule has 0 aliphatic rings. The van der Waals surface area contributed by atoms with E-state index in [9.17, 15) is 4.79 Å². The highest BCUT2D eigenvalue weighted by atomic mass is 32.1. The van der Waals surface area contributed by atoms with Gasteiger partial charge in [-0.15, -0.1) is 0 Å². The number of aliphatic carboxylic acids is 1. The second-order valence-electron chi connectivity index (χ2n) is 4.83. The van der Waals surface area contributed by atoms with Gasteiger partial charge in [0.15, 0.2) is 5.11 Å². The highest BCUT2D eigenvalue weighted by Gasteiger charge is 2.19. The van der Waals surface area contributed by atoms with Gasteiger partial charge in [0.25, 0.3) is 0 Å². The molecule has 19 heavy (non-hydrogen) atoms. The van der Waals surface area contributed by atoms with Crippen LogP contribution in [0.5, 0.6) is 0 Å². The first-order valence-electron chi connectivity index (χ1n) is 6.30. The molecule has 0 heterocycles. The monoisotopic (exact) mass is 280 g/mol. The lowest BCUT2D eigenvalue weighted by atomic mass is 10.0. The SMILES string of the molecule is CC(C)C[C@@H](NC(=S)NCc1ccccc1)C(=O)O. The Hall–Kier alpha value is -1.62. The second kappa shape index (κ2) is 7.74. The summed E-state index contributed by atoms with van der Waals surface area (Å²) in [5.74, 6) is -0.580. The van der Waals surface area contributed by atoms with Crippen molar-refractivity contribution in [2.75, 3.05) is 0 Å². The van der Waals surface area contributed by atoms with Crippen LogP contribution in [-0.4, -0.2) is 22.2 Å². The van der Waals surface area contributed by atoms with Gasteiger partial charge in [0, 0.05) is 6.54 Å². The van der Waals surface area contributed by atoms with Crippen molar-refractivity contribution in [3.8, 4) is 0 Å². The number of hydrogen-bond acceptors (Lipinski definition) is 2. The highest BCUT2D eigenvalue weighted by molar-refractivity contribution is 7.80. The van der Waals surface area contributed by atoms with Gasteiger partial charge in [-0.25, -0.2) is 4.79 Å². The molecule has 0 fully saturated rings. The van der Waals surface area contributed by atoms with Crippen LogP contribution in [-0.2, 0) is 11.3 Å². The van der Waals surface area contributed by atoms with Gasteiger partial charge >= 0.3 is 5.97 Å². The molecule has 0 amide bonds. The Morgan fingerprint density at radius 2 is 1.95 bits per heavy atom. The molecule has 0 aromatic heterocycles. The summed E-state index contributed by atoms with van der Waals surface area (Å²) in [5, 5.41) is 15.3. The minimum absolute atomic E-state index is 0.297. The van der Waals surface area contributed by atoms with Crippen LogP contribution in [0, 0.1) is 5.92 Å². The molecule has 0 bridgehead atoms. The Balaban J connectivity index is 2.42. The molecule has 4 nitrogen and oxygen atoms in total. The van der Waals surface area contributed by atoms with Gasteiger partial charge in [-0.3, -0.25) is 0 Å². The summed E-state index contributed by atoms with van der Waals surface area (Å²) in [4.78, 5) is 11.1. The number of carboxylic acid groups (broad SMARTS) is 1. The van der Waals surface area contributed by atoms with E-state index in [1.807, 2.05) is 44.2 Å². The van der Waals surface area contributed by atoms with Crippen LogP contribution in [0.2, 0.25) is 0 Å². The molecule has 0 aliphatic carbocycles. The Morgan fingerprint density at radius 3 is 2.47 bits per heavy atom. The third-order valence-corrected chi connectivity index (χ3v) is 2.87. The van der Waals surface area contributed by atoms with E-state index in [2.05, 4.69) is 10.6 Å². The van der Waals surface area contributed by atoms with Crippen LogP contribution in [0.4, 0.5) is 0 Å². The van der Waals surface area contributed by atoms with Crippen molar-refractivity contribution in [1.29, 1.82) is 0 Å². The topological polar surface area (TPSA) is 61.4 Å². The third kappa shape index (κ3) is 6.20. The van der Waals surface area contributed by atoms with E-state index in [4.69, 9.17) is 17.3 Å². The van der Waals surface area contributed by atoms with Crippen molar-refractivity contribution in [2.24, 2.45) is 5.92 Å². The lowest BCUT2D eigenvalue weighted by Gasteiger charge is -2.18. The third-order valence-electron chi connectivity index (χ3n) is 2.61. The van der Waals surface area contributed by atoms with Crippen molar-refractivity contribution < 1.29 is 9.90 Å². The van der Waals surface area contributed by atoms with E-state index in [-0.39, 0.29) is 0 Å². The maximum absolute atomic E-state index is 11.1. The maximum Gasteiger partial charge on any atom is 0.326 e. The van der Waals surface area contributed by atoms with E-state index in [0.29, 0.717) is 24.0 Å². The Kier molecular flexibility index (Phi) is 6.29. The van der Waals surface area contributed by atoms with Gasteiger partial charge in [0.05, 0.1) is 0 Å². The summed E-state index contributed by atoms with van der Waals surface area (Å²) >= 11 is 5.12. The zero-order valence-electron chi connectivity index (χ0n) is 11.2. The fourth-order valence-electron chi connectivity index (χ4n) is 1.68. The molecule has 0 saturated carbocycles. The summed E-state index contributed by atoms with van der Waals surface area (Å²) in [5.41, 5.74) is 1.10. The first-order chi connectivity index (χ1) is 8.99. The fourth-order valence-corrected chi connectivity index (χ4v) is 1.89. The van der Waals surface area contributed by atoms with Crippen LogP contribution in [0.15, 0.2) is 30.3 Å². The average molecular weight is 280 g/mol. The van der Waals surface area contributed by atoms with Gasteiger partial charge in [0.2, 0.25) is 0 Å². The maximum atomic E-state index is 11.1. The molecule has 0 aliphatic heterocycles. The predicted molar refractivity (Wildman–Crippen MR) is 79.9 cm³/mol. The van der Waals surface area contributed by atoms with Crippen molar-refractivity contribution in [3.63, 3.8) is 0 Å². The molecule has 5 heteroatoms. The lowest BCUT2D eigenvalue weighted by Crippen LogP contribution is -2.46. The standard InChI is InChI=1S/C14H20N2O2S/c1-10(2)8-12(13(17)18)16-14(19)15-9-11-6-4-3-5-7-11/h3-7,10,12H,8-9H2,1-2H3,(H,17,18)(H2,15,16,19)/t12-/m1/s1. The molecule has 3 N–H and O–H groups in total. The predicted octanol–water partition coefficient (Wildman–Crippen LogP) is 2.15. The minimum Gasteiger partial charge on any atom is -0.480 e. The molecule has 1 rings (SSSR count). The molecular formula is C14H20N2O2S. The van der Waals surface area contributed by atoms with Crippen molar-refractivity contribution >= 4 is 23.3 Å². The van der Waals surface area contributed by atoms with Gasteiger partial charge < -0.3 is 15.7 Å². The summed E-state index contributed by atoms with van der Waals surface area (Å²) in [6.45, 7) is 4.55. The van der Waals surface area contributed by atoms with Gasteiger partial charge in [-0.2, -0.15) is 0 Å². The Morgan fingerprint density at radius 1 is 1.32 bits per heavy atom. The molecule has 0 spiro atoms. The van der Waals surface area contributed by atoms with Crippen LogP contribution in [0.25, 0.3) is 0 Å². The number of hydrogen-bond donors (Lipinski definition) is 3. The number of benzene rings is 1. The largest absolute Gasteiger partial charge is 0.480 e. The number of thiocarbonyl (C=S) groups is 1. The van der Waals surface area contributed by atoms with E-state index >= 15 is 0 Å². The van der Waals surface area contributed by atoms with Crippen LogP contribution in [0.3, 0.4) is 0 Å². The van der Waals surface area contributed by atoms with Crippen LogP contribution >= 0.6 is 12.2 Å². The molecule has 1 aromatic rings. The molecule has 0 saturated heterocycles. The summed E-state index contributed by atoms with van der Waals surface area (Å²) in [7, 11) is 0. The molecule has 104 valence electrons. The molecule has 0 unspecified atom stereocenters. The average Bonchev–Trinajstić information content (AvgIpc) is 2.36. The van der Waals surface area contributed by atoms with E-state index in [1.165, 1.54) is 0 Å². The smallest absolute Gasteiger partial charge is 0.326 e. The summed E-state index contributed by atoms with van der Waals surface area (Å²) < 4.78 is 0. The number of carbonyl (C=O) groups is 1. The van der Waals surface area contributed by atoms with E-state index in [0.717, 1.165) is 5.56 Å². The number of nitrogens with one attached hydrogen (secondary N) is 2. The zero-order chi connectivity index (χ0) is 14.3. The number of rotatable bonds is 6. The van der Waals surface area contributed by atoms with Gasteiger partial charge in [0.1, 0.15) is 6.04 Å². The van der Waals surface area contributed by atoms with E-state index < -0.39 is 12.0 Å². The molecular weight excluding hydrogens is 260 g/mol. The Labute approximate surface area is 119 Å². The van der Waals surface area contributed by atoms with E-state index in [1.54, 1.807) is 0 Å². The van der Waals surface area contributed by atoms with Crippen LogP contribution < -0.4 is 10.6 Å². The Bertz CT molecular complexity index is 421. The van der Waals surface area contributed by atoms with Crippen molar-refractivity contribution in [1.82, 2.24) is 10.6 Å². The fraction of sp³-hybridized carbons (Fsp3) is 0.429. The quantitative estimate of drug-likeness (QED) is 0.697. The van der Waals surface area contributed by atoms with Crippen molar-refractivity contribution in [3.05, 3.63) is 35.9 Å². The lowest BCUT2D eigenvalue weighted by molar-refractivity contribution is -0.139. The van der Waals surface area contributed by atoms with Crippen LogP contribution in [0.1, 0.15) is 25.8 Å². The first kappa shape index (κ1) is 15.4. The van der Waals surface area contributed by atoms with Gasteiger partial charge in [-0.05, 0) is 30.1 Å². The normalized spacial score (nSPS) is 11.9. The zero-order valence-corrected chi connectivity index (χ0v) is 12.0. The summed E-state index contributed by atoms with van der Waals surface area (Å²) in [6.07, 6.45) is 0.544. The first-order valence-corrected chi connectivity index (χ1v) is 6.71. The van der Waals surface area contributed by atoms with Crippen molar-refractivity contribution in [2.45, 2.75) is 32.9 Å². The number of carboxylic acids is 1.